The zero-order valence-electron chi connectivity index (χ0n) is 7.31. The lowest BCUT2D eigenvalue weighted by atomic mass is 10.2. The van der Waals surface area contributed by atoms with E-state index < -0.39 is 0 Å². The Balaban J connectivity index is 2.97. The van der Waals surface area contributed by atoms with Crippen molar-refractivity contribution in [1.29, 1.82) is 0 Å². The zero-order chi connectivity index (χ0) is 9.59. The summed E-state index contributed by atoms with van der Waals surface area (Å²) in [5.74, 6) is -0.240. The highest BCUT2D eigenvalue weighted by Gasteiger charge is 2.09. The summed E-state index contributed by atoms with van der Waals surface area (Å²) in [6.07, 6.45) is 0. The fourth-order valence-corrected chi connectivity index (χ4v) is 2.19. The lowest BCUT2D eigenvalue weighted by Crippen LogP contribution is -1.90. The number of aryl methyl sites for hydroxylation is 2. The molecule has 13 heavy (non-hydrogen) atoms. The highest BCUT2D eigenvalue weighted by atomic mass is 79.9. The number of hydrogen-bond donors (Lipinski definition) is 0. The summed E-state index contributed by atoms with van der Waals surface area (Å²) < 4.78 is 15.5. The van der Waals surface area contributed by atoms with Gasteiger partial charge in [0.25, 0.3) is 0 Å². The van der Waals surface area contributed by atoms with Crippen LogP contribution in [0.15, 0.2) is 16.6 Å². The summed E-state index contributed by atoms with van der Waals surface area (Å²) >= 11 is 3.31. The van der Waals surface area contributed by atoms with Gasteiger partial charge in [0.1, 0.15) is 5.82 Å². The number of fused-ring (bicyclic) bond motifs is 1. The predicted molar refractivity (Wildman–Crippen MR) is 53.1 cm³/mol. The highest BCUT2D eigenvalue weighted by Crippen LogP contribution is 2.26. The minimum Gasteiger partial charge on any atom is -0.267 e. The van der Waals surface area contributed by atoms with Crippen molar-refractivity contribution in [1.82, 2.24) is 9.78 Å². The van der Waals surface area contributed by atoms with Gasteiger partial charge in [-0.15, -0.1) is 0 Å². The molecule has 2 aromatic rings. The van der Waals surface area contributed by atoms with E-state index in [1.807, 2.05) is 14.0 Å². The van der Waals surface area contributed by atoms with Gasteiger partial charge >= 0.3 is 0 Å². The van der Waals surface area contributed by atoms with Crippen LogP contribution in [0.4, 0.5) is 4.39 Å². The van der Waals surface area contributed by atoms with Gasteiger partial charge in [0, 0.05) is 16.9 Å². The van der Waals surface area contributed by atoms with Gasteiger partial charge in [0.05, 0.1) is 11.2 Å². The summed E-state index contributed by atoms with van der Waals surface area (Å²) in [7, 11) is 1.85. The van der Waals surface area contributed by atoms with Gasteiger partial charge in [-0.2, -0.15) is 5.10 Å². The third kappa shape index (κ3) is 1.25. The second kappa shape index (κ2) is 2.80. The fraction of sp³-hybridized carbons (Fsp3) is 0.222. The Labute approximate surface area is 83.5 Å². The molecule has 0 saturated carbocycles. The van der Waals surface area contributed by atoms with Crippen molar-refractivity contribution >= 4 is 26.8 Å². The Morgan fingerprint density at radius 1 is 1.46 bits per heavy atom. The Kier molecular flexibility index (Phi) is 1.87. The number of nitrogens with zero attached hydrogens (tertiary/aromatic N) is 2. The van der Waals surface area contributed by atoms with Gasteiger partial charge < -0.3 is 0 Å². The number of benzene rings is 1. The first kappa shape index (κ1) is 8.69. The van der Waals surface area contributed by atoms with E-state index >= 15 is 0 Å². The summed E-state index contributed by atoms with van der Waals surface area (Å²) in [6, 6.07) is 2.95. The van der Waals surface area contributed by atoms with E-state index in [0.29, 0.717) is 0 Å². The van der Waals surface area contributed by atoms with Crippen LogP contribution in [0.2, 0.25) is 0 Å². The van der Waals surface area contributed by atoms with Gasteiger partial charge in [-0.3, -0.25) is 4.68 Å². The van der Waals surface area contributed by atoms with Crippen LogP contribution in [0.3, 0.4) is 0 Å². The molecule has 2 nitrogen and oxygen atoms in total. The van der Waals surface area contributed by atoms with E-state index in [0.717, 1.165) is 21.1 Å². The molecule has 0 spiro atoms. The zero-order valence-corrected chi connectivity index (χ0v) is 8.89. The molecule has 0 aliphatic heterocycles. The molecule has 0 amide bonds. The van der Waals surface area contributed by atoms with Crippen molar-refractivity contribution < 1.29 is 4.39 Å². The van der Waals surface area contributed by atoms with E-state index in [2.05, 4.69) is 21.0 Å². The average molecular weight is 243 g/mol. The standard InChI is InChI=1S/C9H8BrFN2/c1-5-7-3-6(11)4-8(10)9(7)13(2)12-5/h3-4H,1-2H3. The van der Waals surface area contributed by atoms with E-state index in [9.17, 15) is 4.39 Å². The summed E-state index contributed by atoms with van der Waals surface area (Å²) in [4.78, 5) is 0. The van der Waals surface area contributed by atoms with Crippen LogP contribution in [0.5, 0.6) is 0 Å². The maximum Gasteiger partial charge on any atom is 0.125 e. The molecule has 68 valence electrons. The van der Waals surface area contributed by atoms with Gasteiger partial charge in [-0.05, 0) is 35.0 Å². The van der Waals surface area contributed by atoms with Crippen LogP contribution in [0, 0.1) is 12.7 Å². The van der Waals surface area contributed by atoms with Crippen molar-refractivity contribution in [3.63, 3.8) is 0 Å². The molecule has 0 atom stereocenters. The summed E-state index contributed by atoms with van der Waals surface area (Å²) in [5, 5.41) is 5.07. The van der Waals surface area contributed by atoms with Gasteiger partial charge in [0.15, 0.2) is 0 Å². The molecule has 1 aromatic carbocycles. The number of aromatic nitrogens is 2. The van der Waals surface area contributed by atoms with Crippen LogP contribution >= 0.6 is 15.9 Å². The quantitative estimate of drug-likeness (QED) is 0.695. The predicted octanol–water partition coefficient (Wildman–Crippen LogP) is 2.78. The second-order valence-corrected chi connectivity index (χ2v) is 3.85. The fourth-order valence-electron chi connectivity index (χ4n) is 1.50. The summed E-state index contributed by atoms with van der Waals surface area (Å²) in [5.41, 5.74) is 1.77. The molecular weight excluding hydrogens is 235 g/mol. The molecule has 1 aromatic heterocycles. The molecule has 1 heterocycles. The van der Waals surface area contributed by atoms with Gasteiger partial charge in [-0.1, -0.05) is 0 Å². The molecule has 0 aliphatic carbocycles. The molecule has 0 N–H and O–H groups in total. The third-order valence-electron chi connectivity index (χ3n) is 2.04. The smallest absolute Gasteiger partial charge is 0.125 e. The molecule has 0 radical (unpaired) electrons. The van der Waals surface area contributed by atoms with Crippen molar-refractivity contribution in [2.75, 3.05) is 0 Å². The molecule has 0 unspecified atom stereocenters. The van der Waals surface area contributed by atoms with Crippen LogP contribution in [0.1, 0.15) is 5.69 Å². The van der Waals surface area contributed by atoms with E-state index in [-0.39, 0.29) is 5.82 Å². The molecule has 0 aliphatic rings. The normalized spacial score (nSPS) is 11.1. The Morgan fingerprint density at radius 3 is 2.85 bits per heavy atom. The first-order chi connectivity index (χ1) is 6.09. The van der Waals surface area contributed by atoms with Crippen molar-refractivity contribution in [3.8, 4) is 0 Å². The minimum atomic E-state index is -0.240. The van der Waals surface area contributed by atoms with E-state index in [1.165, 1.54) is 12.1 Å². The highest BCUT2D eigenvalue weighted by molar-refractivity contribution is 9.10. The number of halogens is 2. The Hall–Kier alpha value is -0.900. The second-order valence-electron chi connectivity index (χ2n) is 2.99. The minimum absolute atomic E-state index is 0.240. The lowest BCUT2D eigenvalue weighted by molar-refractivity contribution is 0.628. The van der Waals surface area contributed by atoms with Crippen molar-refractivity contribution in [2.24, 2.45) is 7.05 Å². The molecule has 0 fully saturated rings. The van der Waals surface area contributed by atoms with Crippen molar-refractivity contribution in [2.45, 2.75) is 6.92 Å². The monoisotopic (exact) mass is 242 g/mol. The number of rotatable bonds is 0. The Morgan fingerprint density at radius 2 is 2.15 bits per heavy atom. The largest absolute Gasteiger partial charge is 0.267 e. The van der Waals surface area contributed by atoms with E-state index in [4.69, 9.17) is 0 Å². The van der Waals surface area contributed by atoms with Gasteiger partial charge in [0.2, 0.25) is 0 Å². The number of hydrogen-bond acceptors (Lipinski definition) is 1. The maximum atomic E-state index is 13.0. The first-order valence-corrected chi connectivity index (χ1v) is 4.67. The van der Waals surface area contributed by atoms with E-state index in [1.54, 1.807) is 4.68 Å². The van der Waals surface area contributed by atoms with Crippen LogP contribution < -0.4 is 0 Å². The first-order valence-electron chi connectivity index (χ1n) is 3.88. The average Bonchev–Trinajstić information content (AvgIpc) is 2.27. The van der Waals surface area contributed by atoms with Crippen LogP contribution in [-0.4, -0.2) is 9.78 Å². The maximum absolute atomic E-state index is 13.0. The third-order valence-corrected chi connectivity index (χ3v) is 2.65. The Bertz CT molecular complexity index is 476. The molecule has 0 bridgehead atoms. The van der Waals surface area contributed by atoms with Gasteiger partial charge in [-0.25, -0.2) is 4.39 Å². The van der Waals surface area contributed by atoms with Crippen LogP contribution in [0.25, 0.3) is 10.9 Å². The SMILES string of the molecule is Cc1nn(C)c2c(Br)cc(F)cc12. The topological polar surface area (TPSA) is 17.8 Å². The molecular formula is C9H8BrFN2. The molecule has 4 heteroatoms. The lowest BCUT2D eigenvalue weighted by Gasteiger charge is -1.97. The molecule has 0 saturated heterocycles. The van der Waals surface area contributed by atoms with Crippen molar-refractivity contribution in [3.05, 3.63) is 28.1 Å². The van der Waals surface area contributed by atoms with Crippen LogP contribution in [-0.2, 0) is 7.05 Å². The summed E-state index contributed by atoms with van der Waals surface area (Å²) in [6.45, 7) is 1.87. The molecule has 2 rings (SSSR count).